The van der Waals surface area contributed by atoms with E-state index in [-0.39, 0.29) is 11.9 Å². The molecule has 5 heteroatoms. The van der Waals surface area contributed by atoms with Crippen LogP contribution in [0.5, 0.6) is 5.75 Å². The molecule has 1 amide bonds. The molecule has 0 unspecified atom stereocenters. The molecule has 0 aliphatic carbocycles. The molecule has 0 fully saturated rings. The minimum absolute atomic E-state index is 0.190. The van der Waals surface area contributed by atoms with E-state index in [1.807, 2.05) is 62.4 Å². The Bertz CT molecular complexity index is 724. The molecule has 2 aromatic carbocycles. The van der Waals surface area contributed by atoms with Gasteiger partial charge in [0, 0.05) is 5.69 Å². The zero-order valence-electron chi connectivity index (χ0n) is 14.5. The lowest BCUT2D eigenvalue weighted by molar-refractivity contribution is -0.121. The molecular formula is C19H23N3O2. The molecule has 0 spiro atoms. The summed E-state index contributed by atoms with van der Waals surface area (Å²) in [5, 5.41) is 7.33. The van der Waals surface area contributed by atoms with Gasteiger partial charge in [0.2, 0.25) is 0 Å². The van der Waals surface area contributed by atoms with Crippen molar-refractivity contribution in [1.82, 2.24) is 5.43 Å². The van der Waals surface area contributed by atoms with E-state index in [1.54, 1.807) is 14.0 Å². The van der Waals surface area contributed by atoms with E-state index in [1.165, 1.54) is 0 Å². The normalized spacial score (nSPS) is 12.4. The van der Waals surface area contributed by atoms with Gasteiger partial charge >= 0.3 is 0 Å². The molecule has 2 aromatic rings. The molecule has 126 valence electrons. The van der Waals surface area contributed by atoms with Crippen molar-refractivity contribution in [3.05, 3.63) is 59.7 Å². The summed E-state index contributed by atoms with van der Waals surface area (Å²) >= 11 is 0. The second-order valence-corrected chi connectivity index (χ2v) is 5.64. The van der Waals surface area contributed by atoms with E-state index < -0.39 is 0 Å². The van der Waals surface area contributed by atoms with Gasteiger partial charge in [0.25, 0.3) is 5.91 Å². The van der Waals surface area contributed by atoms with Crippen molar-refractivity contribution in [2.45, 2.75) is 26.8 Å². The van der Waals surface area contributed by atoms with Crippen LogP contribution in [0.25, 0.3) is 0 Å². The molecule has 0 aliphatic rings. The topological polar surface area (TPSA) is 62.7 Å². The Balaban J connectivity index is 1.95. The first kappa shape index (κ1) is 17.5. The Labute approximate surface area is 142 Å². The fourth-order valence-corrected chi connectivity index (χ4v) is 2.18. The number of rotatable bonds is 6. The number of nitrogens with one attached hydrogen (secondary N) is 2. The number of ether oxygens (including phenoxy) is 1. The number of aryl methyl sites for hydroxylation is 1. The first-order valence-electron chi connectivity index (χ1n) is 7.81. The monoisotopic (exact) mass is 325 g/mol. The van der Waals surface area contributed by atoms with Gasteiger partial charge in [-0.25, -0.2) is 5.43 Å². The number of hydrogen-bond donors (Lipinski definition) is 2. The van der Waals surface area contributed by atoms with Crippen molar-refractivity contribution < 1.29 is 9.53 Å². The third-order valence-electron chi connectivity index (χ3n) is 3.64. The van der Waals surface area contributed by atoms with Gasteiger partial charge < -0.3 is 10.1 Å². The number of hydrazone groups is 1. The highest BCUT2D eigenvalue weighted by atomic mass is 16.5. The number of nitrogens with zero attached hydrogens (tertiary/aromatic N) is 1. The van der Waals surface area contributed by atoms with E-state index in [2.05, 4.69) is 15.8 Å². The Morgan fingerprint density at radius 3 is 2.50 bits per heavy atom. The molecule has 0 heterocycles. The summed E-state index contributed by atoms with van der Waals surface area (Å²) in [5.74, 6) is 0.593. The number of hydrogen-bond acceptors (Lipinski definition) is 4. The standard InChI is InChI=1S/C19H23N3O2/c1-13-6-5-7-17(12-13)20-15(3)19(23)22-21-14(2)16-8-10-18(24-4)11-9-16/h5-12,15,20H,1-4H3,(H,22,23)/t15-/m0/s1. The summed E-state index contributed by atoms with van der Waals surface area (Å²) in [6.45, 7) is 5.66. The summed E-state index contributed by atoms with van der Waals surface area (Å²) < 4.78 is 5.13. The second-order valence-electron chi connectivity index (χ2n) is 5.64. The van der Waals surface area contributed by atoms with Crippen LogP contribution in [0.2, 0.25) is 0 Å². The van der Waals surface area contributed by atoms with Gasteiger partial charge in [-0.05, 0) is 68.3 Å². The Hall–Kier alpha value is -2.82. The zero-order chi connectivity index (χ0) is 17.5. The van der Waals surface area contributed by atoms with Gasteiger partial charge in [0.15, 0.2) is 0 Å². The Morgan fingerprint density at radius 2 is 1.88 bits per heavy atom. The van der Waals surface area contributed by atoms with E-state index in [0.717, 1.165) is 28.3 Å². The third kappa shape index (κ3) is 4.84. The minimum Gasteiger partial charge on any atom is -0.497 e. The molecule has 2 N–H and O–H groups in total. The smallest absolute Gasteiger partial charge is 0.262 e. The van der Waals surface area contributed by atoms with Crippen molar-refractivity contribution in [3.8, 4) is 5.75 Å². The minimum atomic E-state index is -0.390. The van der Waals surface area contributed by atoms with Crippen molar-refractivity contribution in [1.29, 1.82) is 0 Å². The average Bonchev–Trinajstić information content (AvgIpc) is 2.59. The highest BCUT2D eigenvalue weighted by molar-refractivity contribution is 5.99. The summed E-state index contributed by atoms with van der Waals surface area (Å²) in [7, 11) is 1.62. The maximum Gasteiger partial charge on any atom is 0.262 e. The summed E-state index contributed by atoms with van der Waals surface area (Å²) in [5.41, 5.74) is 6.31. The molecule has 0 saturated heterocycles. The van der Waals surface area contributed by atoms with Crippen LogP contribution in [-0.4, -0.2) is 24.8 Å². The second kappa shape index (κ2) is 8.15. The number of anilines is 1. The number of benzene rings is 2. The molecule has 0 saturated carbocycles. The van der Waals surface area contributed by atoms with E-state index in [0.29, 0.717) is 0 Å². The SMILES string of the molecule is COc1ccc(C(C)=NNC(=O)[C@H](C)Nc2cccc(C)c2)cc1. The number of amides is 1. The number of carbonyl (C=O) groups is 1. The Morgan fingerprint density at radius 1 is 1.17 bits per heavy atom. The molecule has 5 nitrogen and oxygen atoms in total. The maximum atomic E-state index is 12.2. The van der Waals surface area contributed by atoms with Crippen LogP contribution in [-0.2, 0) is 4.79 Å². The van der Waals surface area contributed by atoms with Crippen LogP contribution in [0.1, 0.15) is 25.0 Å². The number of methoxy groups -OCH3 is 1. The molecule has 0 aromatic heterocycles. The molecule has 1 atom stereocenters. The van der Waals surface area contributed by atoms with Crippen molar-refractivity contribution in [2.24, 2.45) is 5.10 Å². The molecule has 0 aliphatic heterocycles. The van der Waals surface area contributed by atoms with Gasteiger partial charge in [-0.2, -0.15) is 5.10 Å². The summed E-state index contributed by atoms with van der Waals surface area (Å²) in [4.78, 5) is 12.2. The van der Waals surface area contributed by atoms with Gasteiger partial charge in [-0.3, -0.25) is 4.79 Å². The van der Waals surface area contributed by atoms with Crippen LogP contribution >= 0.6 is 0 Å². The fraction of sp³-hybridized carbons (Fsp3) is 0.263. The van der Waals surface area contributed by atoms with E-state index >= 15 is 0 Å². The molecule has 0 bridgehead atoms. The largest absolute Gasteiger partial charge is 0.497 e. The van der Waals surface area contributed by atoms with Gasteiger partial charge in [0.05, 0.1) is 12.8 Å². The predicted molar refractivity (Wildman–Crippen MR) is 97.6 cm³/mol. The van der Waals surface area contributed by atoms with E-state index in [4.69, 9.17) is 4.74 Å². The van der Waals surface area contributed by atoms with E-state index in [9.17, 15) is 4.79 Å². The fourth-order valence-electron chi connectivity index (χ4n) is 2.18. The zero-order valence-corrected chi connectivity index (χ0v) is 14.5. The molecule has 2 rings (SSSR count). The summed E-state index contributed by atoms with van der Waals surface area (Å²) in [6.07, 6.45) is 0. The highest BCUT2D eigenvalue weighted by Gasteiger charge is 2.12. The Kier molecular flexibility index (Phi) is 5.95. The molecular weight excluding hydrogens is 302 g/mol. The highest BCUT2D eigenvalue weighted by Crippen LogP contribution is 2.12. The van der Waals surface area contributed by atoms with Gasteiger partial charge in [-0.1, -0.05) is 12.1 Å². The first-order chi connectivity index (χ1) is 11.5. The maximum absolute atomic E-state index is 12.2. The van der Waals surface area contributed by atoms with Gasteiger partial charge in [0.1, 0.15) is 11.8 Å². The predicted octanol–water partition coefficient (Wildman–Crippen LogP) is 3.34. The molecule has 0 radical (unpaired) electrons. The van der Waals surface area contributed by atoms with Crippen molar-refractivity contribution >= 4 is 17.3 Å². The van der Waals surface area contributed by atoms with Crippen LogP contribution in [0.15, 0.2) is 53.6 Å². The lowest BCUT2D eigenvalue weighted by Gasteiger charge is -2.14. The lowest BCUT2D eigenvalue weighted by Crippen LogP contribution is -2.35. The van der Waals surface area contributed by atoms with Gasteiger partial charge in [-0.15, -0.1) is 0 Å². The summed E-state index contributed by atoms with van der Waals surface area (Å²) in [6, 6.07) is 15.0. The lowest BCUT2D eigenvalue weighted by atomic mass is 10.1. The van der Waals surface area contributed by atoms with Crippen molar-refractivity contribution in [2.75, 3.05) is 12.4 Å². The molecule has 24 heavy (non-hydrogen) atoms. The van der Waals surface area contributed by atoms with Crippen LogP contribution < -0.4 is 15.5 Å². The third-order valence-corrected chi connectivity index (χ3v) is 3.64. The van der Waals surface area contributed by atoms with Crippen LogP contribution in [0, 0.1) is 6.92 Å². The van der Waals surface area contributed by atoms with Crippen LogP contribution in [0.4, 0.5) is 5.69 Å². The first-order valence-corrected chi connectivity index (χ1v) is 7.81. The number of carbonyl (C=O) groups excluding carboxylic acids is 1. The quantitative estimate of drug-likeness (QED) is 0.632. The van der Waals surface area contributed by atoms with Crippen molar-refractivity contribution in [3.63, 3.8) is 0 Å². The van der Waals surface area contributed by atoms with Crippen LogP contribution in [0.3, 0.4) is 0 Å². The average molecular weight is 325 g/mol.